The lowest BCUT2D eigenvalue weighted by Gasteiger charge is -2.72. The molecular formula is C54H84O24. The van der Waals surface area contributed by atoms with Gasteiger partial charge in [0.2, 0.25) is 0 Å². The third-order valence-electron chi connectivity index (χ3n) is 20.6. The van der Waals surface area contributed by atoms with Gasteiger partial charge in [0, 0.05) is 23.3 Å². The minimum Gasteiger partial charge on any atom is -0.479 e. The fourth-order valence-corrected chi connectivity index (χ4v) is 16.0. The predicted octanol–water partition coefficient (Wildman–Crippen LogP) is -1.71. The summed E-state index contributed by atoms with van der Waals surface area (Å²) in [4.78, 5) is 38.7. The molecule has 0 aromatic heterocycles. The summed E-state index contributed by atoms with van der Waals surface area (Å²) in [6.45, 7) is 16.2. The minimum atomic E-state index is -2.18. The summed E-state index contributed by atoms with van der Waals surface area (Å²) in [5.41, 5.74) is -4.03. The van der Waals surface area contributed by atoms with Crippen LogP contribution in [0.1, 0.15) is 100 Å². The van der Waals surface area contributed by atoms with E-state index in [1.54, 1.807) is 0 Å². The highest BCUT2D eigenvalue weighted by atomic mass is 16.8. The quantitative estimate of drug-likeness (QED) is 0.0399. The number of fused-ring (bicyclic) bond motifs is 7. The van der Waals surface area contributed by atoms with Crippen molar-refractivity contribution in [3.63, 3.8) is 0 Å². The number of aliphatic hydroxyl groups is 12. The highest BCUT2D eigenvalue weighted by molar-refractivity contribution is 5.87. The van der Waals surface area contributed by atoms with Gasteiger partial charge in [-0.2, -0.15) is 0 Å². The van der Waals surface area contributed by atoms with Crippen molar-refractivity contribution < 1.29 is 119 Å². The molecule has 0 amide bonds. The molecule has 3 saturated heterocycles. The number of esters is 2. The van der Waals surface area contributed by atoms with E-state index >= 15 is 0 Å². The number of rotatable bonds is 14. The van der Waals surface area contributed by atoms with Gasteiger partial charge in [-0.3, -0.25) is 4.79 Å². The lowest BCUT2D eigenvalue weighted by molar-refractivity contribution is -0.392. The zero-order valence-corrected chi connectivity index (χ0v) is 45.6. The zero-order chi connectivity index (χ0) is 57.7. The molecule has 444 valence electrons. The van der Waals surface area contributed by atoms with Gasteiger partial charge in [0.1, 0.15) is 86.0 Å². The summed E-state index contributed by atoms with van der Waals surface area (Å²) < 4.78 is 47.5. The Morgan fingerprint density at radius 1 is 0.692 bits per heavy atom. The smallest absolute Gasteiger partial charge is 0.335 e. The Morgan fingerprint density at radius 3 is 1.79 bits per heavy atom. The Balaban J connectivity index is 1.11. The number of hydrogen-bond donors (Lipinski definition) is 13. The fourth-order valence-electron chi connectivity index (χ4n) is 16.0. The lowest BCUT2D eigenvalue weighted by Crippen LogP contribution is -2.72. The first kappa shape index (κ1) is 61.2. The van der Waals surface area contributed by atoms with E-state index in [4.69, 9.17) is 37.9 Å². The molecule has 78 heavy (non-hydrogen) atoms. The Kier molecular flexibility index (Phi) is 17.3. The molecule has 7 fully saturated rings. The van der Waals surface area contributed by atoms with Crippen LogP contribution in [0, 0.1) is 50.2 Å². The van der Waals surface area contributed by atoms with Gasteiger partial charge in [0.25, 0.3) is 0 Å². The topological polar surface area (TPSA) is 388 Å². The van der Waals surface area contributed by atoms with Crippen LogP contribution < -0.4 is 0 Å². The van der Waals surface area contributed by atoms with Crippen molar-refractivity contribution in [3.8, 4) is 0 Å². The van der Waals surface area contributed by atoms with Gasteiger partial charge >= 0.3 is 17.9 Å². The van der Waals surface area contributed by atoms with Gasteiger partial charge < -0.3 is 104 Å². The molecule has 8 aliphatic rings. The van der Waals surface area contributed by atoms with E-state index in [0.29, 0.717) is 32.1 Å². The Hall–Kier alpha value is -2.83. The summed E-state index contributed by atoms with van der Waals surface area (Å²) >= 11 is 0. The SMILES string of the molecule is C=C(C)C(=O)OC1[C@@H](O)[C@@]2(COC(C)=O)C(CC1(C)C)C1=CCC3[C@@]4(C)CCC(OC5OC(C(=O)O)C(OC6OC(CO)C(O)C(O)C6O)C(O)C5OC5OC(CO)C(O)C(O)C5O)[C@@](C)(CO)C4CC[C@@]3(C)[C@@]1(C)C[C@@H]2O. The van der Waals surface area contributed by atoms with E-state index in [9.17, 15) is 80.8 Å². The van der Waals surface area contributed by atoms with Crippen LogP contribution in [-0.4, -0.2) is 227 Å². The van der Waals surface area contributed by atoms with Gasteiger partial charge in [0.15, 0.2) is 25.0 Å². The summed E-state index contributed by atoms with van der Waals surface area (Å²) in [5, 5.41) is 144. The number of carboxylic acid groups (broad SMARTS) is 1. The average Bonchev–Trinajstić information content (AvgIpc) is 2.23. The molecular weight excluding hydrogens is 1030 g/mol. The van der Waals surface area contributed by atoms with Crippen LogP contribution in [0.5, 0.6) is 0 Å². The highest BCUT2D eigenvalue weighted by Crippen LogP contribution is 2.76. The number of carbonyl (C=O) groups is 3. The van der Waals surface area contributed by atoms with Crippen LogP contribution in [0.4, 0.5) is 0 Å². The molecule has 0 radical (unpaired) electrons. The summed E-state index contributed by atoms with van der Waals surface area (Å²) in [7, 11) is 0. The molecule has 0 aromatic carbocycles. The van der Waals surface area contributed by atoms with Crippen molar-refractivity contribution in [2.75, 3.05) is 26.4 Å². The molecule has 8 rings (SSSR count). The van der Waals surface area contributed by atoms with Crippen molar-refractivity contribution in [1.29, 1.82) is 0 Å². The van der Waals surface area contributed by atoms with Crippen molar-refractivity contribution in [1.82, 2.24) is 0 Å². The lowest BCUT2D eigenvalue weighted by atomic mass is 9.33. The Bertz CT molecular complexity index is 2260. The van der Waals surface area contributed by atoms with Crippen LogP contribution in [0.2, 0.25) is 0 Å². The van der Waals surface area contributed by atoms with Crippen molar-refractivity contribution >= 4 is 17.9 Å². The number of hydrogen-bond acceptors (Lipinski definition) is 23. The minimum absolute atomic E-state index is 0.0879. The van der Waals surface area contributed by atoms with Crippen LogP contribution in [0.25, 0.3) is 0 Å². The first-order valence-electron chi connectivity index (χ1n) is 27.2. The second-order valence-electron chi connectivity index (χ2n) is 25.4. The van der Waals surface area contributed by atoms with Crippen LogP contribution in [-0.2, 0) is 52.3 Å². The van der Waals surface area contributed by atoms with Gasteiger partial charge in [-0.05, 0) is 85.9 Å². The Morgan fingerprint density at radius 2 is 1.27 bits per heavy atom. The molecule has 27 atom stereocenters. The molecule has 3 heterocycles. The van der Waals surface area contributed by atoms with Gasteiger partial charge in [-0.25, -0.2) is 9.59 Å². The highest BCUT2D eigenvalue weighted by Gasteiger charge is 2.74. The second-order valence-corrected chi connectivity index (χ2v) is 25.4. The molecule has 0 aromatic rings. The third kappa shape index (κ3) is 9.70. The standard InChI is InChI=1S/C54H84O24/c1-22(2)45(70)78-43-42(67)54(21-71-23(3)58)25(16-49(43,4)5)24-10-11-29-50(6)14-13-31(51(7,20-57)28(50)12-15-52(29,8)53(24,9)17-30(54)59)74-48-40(76-47-37(65)35(63)33(61)27(19-56)73-47)38(66)39(41(77-48)44(68)69)75-46-36(64)34(62)32(60)26(18-55)72-46/h10,25-43,46-48,55-57,59-67H,1,11-21H2,2-9H3,(H,68,69)/t25?,26?,27?,28?,29?,30-,31?,32?,33?,34?,35?,36?,37?,38?,39?,40?,41?,42+,43?,46?,47?,48?,50-,51-,52+,53-,54-/m0/s1. The molecule has 0 bridgehead atoms. The number of aliphatic hydroxyl groups excluding tert-OH is 12. The predicted molar refractivity (Wildman–Crippen MR) is 264 cm³/mol. The van der Waals surface area contributed by atoms with Crippen molar-refractivity contribution in [2.45, 2.75) is 217 Å². The number of aliphatic carboxylic acids is 1. The van der Waals surface area contributed by atoms with Crippen LogP contribution >= 0.6 is 0 Å². The number of carboxylic acids is 1. The van der Waals surface area contributed by atoms with Gasteiger partial charge in [-0.15, -0.1) is 0 Å². The molecule has 0 spiro atoms. The zero-order valence-electron chi connectivity index (χ0n) is 45.6. The monoisotopic (exact) mass is 1120 g/mol. The van der Waals surface area contributed by atoms with Gasteiger partial charge in [0.05, 0.1) is 37.4 Å². The molecule has 5 aliphatic carbocycles. The Labute approximate surface area is 452 Å². The normalized spacial score (nSPS) is 50.8. The maximum atomic E-state index is 13.1. The van der Waals surface area contributed by atoms with E-state index in [2.05, 4.69) is 33.4 Å². The van der Waals surface area contributed by atoms with Crippen LogP contribution in [0.3, 0.4) is 0 Å². The first-order chi connectivity index (χ1) is 36.3. The molecule has 3 aliphatic heterocycles. The second kappa shape index (κ2) is 22.1. The van der Waals surface area contributed by atoms with E-state index in [0.717, 1.165) is 5.57 Å². The van der Waals surface area contributed by atoms with E-state index in [-0.39, 0.29) is 36.9 Å². The fraction of sp³-hybridized carbons (Fsp3) is 0.870. The first-order valence-corrected chi connectivity index (χ1v) is 27.2. The van der Waals surface area contributed by atoms with Crippen molar-refractivity contribution in [3.05, 3.63) is 23.8 Å². The summed E-state index contributed by atoms with van der Waals surface area (Å²) in [6.07, 6.45) is -28.5. The number of ether oxygens (including phenoxy) is 8. The van der Waals surface area contributed by atoms with E-state index < -0.39 is 193 Å². The third-order valence-corrected chi connectivity index (χ3v) is 20.6. The molecule has 20 unspecified atom stereocenters. The van der Waals surface area contributed by atoms with Gasteiger partial charge in [-0.1, -0.05) is 59.8 Å². The number of allylic oxidation sites excluding steroid dienone is 2. The molecule has 4 saturated carbocycles. The van der Waals surface area contributed by atoms with Crippen molar-refractivity contribution in [2.24, 2.45) is 50.2 Å². The maximum absolute atomic E-state index is 13.1. The maximum Gasteiger partial charge on any atom is 0.335 e. The summed E-state index contributed by atoms with van der Waals surface area (Å²) in [5.74, 6) is -3.94. The van der Waals surface area contributed by atoms with Crippen LogP contribution in [0.15, 0.2) is 23.8 Å². The largest absolute Gasteiger partial charge is 0.479 e. The van der Waals surface area contributed by atoms with E-state index in [1.165, 1.54) is 13.8 Å². The summed E-state index contributed by atoms with van der Waals surface area (Å²) in [6, 6.07) is 0. The average molecular weight is 1120 g/mol. The van der Waals surface area contributed by atoms with E-state index in [1.807, 2.05) is 20.8 Å². The molecule has 13 N–H and O–H groups in total. The molecule has 24 heteroatoms. The molecule has 24 nitrogen and oxygen atoms in total. The number of carbonyl (C=O) groups excluding carboxylic acids is 2.